The molecule has 0 amide bonds. The van der Waals surface area contributed by atoms with Gasteiger partial charge in [-0.05, 0) is 27.2 Å². The molecule has 4 nitrogen and oxygen atoms in total. The van der Waals surface area contributed by atoms with E-state index in [1.165, 1.54) is 0 Å². The van der Waals surface area contributed by atoms with Crippen molar-refractivity contribution in [3.8, 4) is 0 Å². The van der Waals surface area contributed by atoms with Gasteiger partial charge in [-0.3, -0.25) is 4.84 Å². The summed E-state index contributed by atoms with van der Waals surface area (Å²) in [6, 6.07) is 0. The second-order valence-electron chi connectivity index (χ2n) is 3.66. The van der Waals surface area contributed by atoms with Crippen molar-refractivity contribution in [1.29, 1.82) is 0 Å². The summed E-state index contributed by atoms with van der Waals surface area (Å²) in [5.74, 6) is 0.322. The van der Waals surface area contributed by atoms with Gasteiger partial charge in [0.15, 0.2) is 0 Å². The van der Waals surface area contributed by atoms with Crippen LogP contribution in [0.3, 0.4) is 0 Å². The van der Waals surface area contributed by atoms with E-state index in [4.69, 9.17) is 16.4 Å². The lowest BCUT2D eigenvalue weighted by Crippen LogP contribution is -2.35. The molecule has 0 radical (unpaired) electrons. The third-order valence-electron chi connectivity index (χ3n) is 1.02. The molecular formula is C7H16ClNO3S. The molecule has 80 valence electrons. The van der Waals surface area contributed by atoms with Gasteiger partial charge in [-0.2, -0.15) is 0 Å². The normalized spacial score (nSPS) is 13.2. The molecule has 0 unspecified atom stereocenters. The van der Waals surface area contributed by atoms with E-state index in [0.29, 0.717) is 12.3 Å². The molecule has 0 saturated carbocycles. The van der Waals surface area contributed by atoms with Crippen molar-refractivity contribution in [3.63, 3.8) is 0 Å². The Balaban J connectivity index is 3.91. The second-order valence-corrected chi connectivity index (χ2v) is 5.84. The van der Waals surface area contributed by atoms with Crippen molar-refractivity contribution >= 4 is 21.6 Å². The minimum atomic E-state index is -3.33. The maximum absolute atomic E-state index is 11.1. The SMILES string of the molecule is CC(C)(C)ONS(=O)(=O)CCCCl. The molecule has 0 aromatic rings. The maximum atomic E-state index is 11.1. The number of alkyl halides is 1. The molecule has 6 heteroatoms. The van der Waals surface area contributed by atoms with Crippen LogP contribution in [0.1, 0.15) is 27.2 Å². The Hall–Kier alpha value is 0.160. The van der Waals surface area contributed by atoms with Gasteiger partial charge in [-0.25, -0.2) is 8.42 Å². The first-order valence-corrected chi connectivity index (χ1v) is 6.19. The molecule has 0 atom stereocenters. The van der Waals surface area contributed by atoms with E-state index >= 15 is 0 Å². The molecule has 1 N–H and O–H groups in total. The molecule has 0 spiro atoms. The van der Waals surface area contributed by atoms with E-state index in [2.05, 4.69) is 0 Å². The summed E-state index contributed by atoms with van der Waals surface area (Å²) in [5, 5.41) is 0. The van der Waals surface area contributed by atoms with Crippen molar-refractivity contribution in [2.45, 2.75) is 32.8 Å². The zero-order valence-electron chi connectivity index (χ0n) is 8.13. The highest BCUT2D eigenvalue weighted by molar-refractivity contribution is 7.89. The standard InChI is InChI=1S/C7H16ClNO3S/c1-7(2,3)12-9-13(10,11)6-4-5-8/h9H,4-6H2,1-3H3. The van der Waals surface area contributed by atoms with Gasteiger partial charge >= 0.3 is 0 Å². The van der Waals surface area contributed by atoms with E-state index in [1.807, 2.05) is 4.89 Å². The summed E-state index contributed by atoms with van der Waals surface area (Å²) in [4.78, 5) is 6.96. The predicted octanol–water partition coefficient (Wildman–Crippen LogP) is 1.26. The summed E-state index contributed by atoms with van der Waals surface area (Å²) in [5.41, 5.74) is -0.520. The Bertz CT molecular complexity index is 233. The Morgan fingerprint density at radius 1 is 1.38 bits per heavy atom. The lowest BCUT2D eigenvalue weighted by molar-refractivity contribution is -0.0357. The number of sulfonamides is 1. The summed E-state index contributed by atoms with van der Waals surface area (Å²) in [6.07, 6.45) is 0.421. The topological polar surface area (TPSA) is 55.4 Å². The zero-order chi connectivity index (χ0) is 10.5. The van der Waals surface area contributed by atoms with Crippen LogP contribution in [0, 0.1) is 0 Å². The van der Waals surface area contributed by atoms with E-state index < -0.39 is 15.6 Å². The molecular weight excluding hydrogens is 214 g/mol. The fourth-order valence-electron chi connectivity index (χ4n) is 0.475. The van der Waals surface area contributed by atoms with Gasteiger partial charge in [0.05, 0.1) is 11.4 Å². The number of nitrogens with one attached hydrogen (secondary N) is 1. The van der Waals surface area contributed by atoms with Gasteiger partial charge < -0.3 is 0 Å². The van der Waals surface area contributed by atoms with Gasteiger partial charge in [0, 0.05) is 5.88 Å². The lowest BCUT2D eigenvalue weighted by atomic mass is 10.2. The average Bonchev–Trinajstić information content (AvgIpc) is 1.97. The fourth-order valence-corrected chi connectivity index (χ4v) is 1.75. The van der Waals surface area contributed by atoms with Crippen molar-refractivity contribution in [2.24, 2.45) is 0 Å². The Morgan fingerprint density at radius 2 is 1.92 bits per heavy atom. The molecule has 13 heavy (non-hydrogen) atoms. The van der Waals surface area contributed by atoms with Gasteiger partial charge in [0.2, 0.25) is 10.0 Å². The molecule has 0 saturated heterocycles. The van der Waals surface area contributed by atoms with Crippen LogP contribution in [0.4, 0.5) is 0 Å². The van der Waals surface area contributed by atoms with Crippen molar-refractivity contribution in [1.82, 2.24) is 4.89 Å². The smallest absolute Gasteiger partial charge is 0.233 e. The fraction of sp³-hybridized carbons (Fsp3) is 1.00. The highest BCUT2D eigenvalue weighted by atomic mass is 35.5. The Kier molecular flexibility index (Phi) is 5.21. The van der Waals surface area contributed by atoms with Gasteiger partial charge in [0.25, 0.3) is 0 Å². The minimum absolute atomic E-state index is 0.00736. The molecule has 0 bridgehead atoms. The number of rotatable bonds is 5. The van der Waals surface area contributed by atoms with Crippen LogP contribution in [0.25, 0.3) is 0 Å². The first kappa shape index (κ1) is 13.2. The number of halogens is 1. The second kappa shape index (κ2) is 5.14. The molecule has 0 aromatic carbocycles. The first-order chi connectivity index (χ1) is 5.77. The Morgan fingerprint density at radius 3 is 2.31 bits per heavy atom. The van der Waals surface area contributed by atoms with Crippen molar-refractivity contribution < 1.29 is 13.3 Å². The number of hydrogen-bond donors (Lipinski definition) is 1. The molecule has 0 fully saturated rings. The molecule has 0 aromatic heterocycles. The highest BCUT2D eigenvalue weighted by Crippen LogP contribution is 2.05. The van der Waals surface area contributed by atoms with Gasteiger partial charge in [-0.1, -0.05) is 4.89 Å². The van der Waals surface area contributed by atoms with E-state index in [-0.39, 0.29) is 5.75 Å². The monoisotopic (exact) mass is 229 g/mol. The van der Waals surface area contributed by atoms with Crippen LogP contribution >= 0.6 is 11.6 Å². The van der Waals surface area contributed by atoms with Gasteiger partial charge in [0.1, 0.15) is 0 Å². The molecule has 0 aliphatic carbocycles. The van der Waals surface area contributed by atoms with Crippen LogP contribution < -0.4 is 4.89 Å². The van der Waals surface area contributed by atoms with Crippen LogP contribution in [0.15, 0.2) is 0 Å². The molecule has 0 rings (SSSR count). The lowest BCUT2D eigenvalue weighted by Gasteiger charge is -2.18. The third kappa shape index (κ3) is 8.49. The van der Waals surface area contributed by atoms with Crippen LogP contribution in [0.5, 0.6) is 0 Å². The van der Waals surface area contributed by atoms with Crippen LogP contribution in [0.2, 0.25) is 0 Å². The quantitative estimate of drug-likeness (QED) is 0.571. The van der Waals surface area contributed by atoms with Gasteiger partial charge in [-0.15, -0.1) is 11.6 Å². The zero-order valence-corrected chi connectivity index (χ0v) is 9.70. The summed E-state index contributed by atoms with van der Waals surface area (Å²) < 4.78 is 22.3. The van der Waals surface area contributed by atoms with E-state index in [9.17, 15) is 8.42 Å². The largest absolute Gasteiger partial charge is 0.281 e. The predicted molar refractivity (Wildman–Crippen MR) is 53.1 cm³/mol. The maximum Gasteiger partial charge on any atom is 0.233 e. The molecule has 0 aliphatic heterocycles. The van der Waals surface area contributed by atoms with Crippen molar-refractivity contribution in [2.75, 3.05) is 11.6 Å². The summed E-state index contributed by atoms with van der Waals surface area (Å²) >= 11 is 5.36. The minimum Gasteiger partial charge on any atom is -0.281 e. The summed E-state index contributed by atoms with van der Waals surface area (Å²) in [7, 11) is -3.33. The van der Waals surface area contributed by atoms with E-state index in [0.717, 1.165) is 0 Å². The molecule has 0 aliphatic rings. The highest BCUT2D eigenvalue weighted by Gasteiger charge is 2.16. The molecule has 0 heterocycles. The summed E-state index contributed by atoms with van der Waals surface area (Å²) in [6.45, 7) is 5.28. The van der Waals surface area contributed by atoms with E-state index in [1.54, 1.807) is 20.8 Å². The van der Waals surface area contributed by atoms with Crippen molar-refractivity contribution in [3.05, 3.63) is 0 Å². The first-order valence-electron chi connectivity index (χ1n) is 4.00. The third-order valence-corrected chi connectivity index (χ3v) is 2.45. The number of hydrogen-bond acceptors (Lipinski definition) is 3. The van der Waals surface area contributed by atoms with Crippen LogP contribution in [-0.4, -0.2) is 25.7 Å². The average molecular weight is 230 g/mol. The van der Waals surface area contributed by atoms with Crippen LogP contribution in [-0.2, 0) is 14.9 Å². The Labute approximate surface area is 84.6 Å².